The minimum absolute atomic E-state index is 0. The SMILES string of the molecule is CC(/C=C(/C)[N-]c1c(-c2ccccc2)cc(-c2ccccc2)cc1-c1ccccc1)=Nc1c(-c2ccccc2)cc(-c2ccccc2)cc1-c1ccccc1.CCCCC.Cc1cc(C)c([NH-])c(C)c1.[Fe+2]. The molecule has 0 saturated carbocycles. The zero-order chi connectivity index (χ0) is 49.2. The number of aryl methyl sites for hydroxylation is 3. The summed E-state index contributed by atoms with van der Waals surface area (Å²) in [6.07, 6.45) is 6.18. The van der Waals surface area contributed by atoms with Crippen LogP contribution in [0.25, 0.3) is 77.8 Å². The van der Waals surface area contributed by atoms with Crippen molar-refractivity contribution >= 4 is 22.8 Å². The van der Waals surface area contributed by atoms with E-state index in [1.165, 1.54) is 36.0 Å². The Balaban J connectivity index is 0.000000445. The van der Waals surface area contributed by atoms with Crippen LogP contribution in [0.3, 0.4) is 0 Å². The second-order valence-corrected chi connectivity index (χ2v) is 17.8. The van der Waals surface area contributed by atoms with E-state index in [-0.39, 0.29) is 17.1 Å². The maximum absolute atomic E-state index is 7.54. The number of hydrogen-bond donors (Lipinski definition) is 0. The van der Waals surface area contributed by atoms with Crippen molar-refractivity contribution in [3.05, 3.63) is 258 Å². The molecule has 0 bridgehead atoms. The Morgan fingerprint density at radius 2 is 0.746 bits per heavy atom. The van der Waals surface area contributed by atoms with Crippen molar-refractivity contribution in [3.8, 4) is 66.8 Å². The summed E-state index contributed by atoms with van der Waals surface area (Å²) < 4.78 is 0. The molecule has 356 valence electrons. The zero-order valence-corrected chi connectivity index (χ0v) is 43.3. The van der Waals surface area contributed by atoms with Crippen molar-refractivity contribution in [1.29, 1.82) is 0 Å². The van der Waals surface area contributed by atoms with Crippen LogP contribution in [-0.2, 0) is 17.1 Å². The monoisotopic (exact) mass is 967 g/mol. The van der Waals surface area contributed by atoms with Crippen molar-refractivity contribution in [1.82, 2.24) is 0 Å². The minimum Gasteiger partial charge on any atom is -0.698 e. The molecular formula is C67H65FeN3. The van der Waals surface area contributed by atoms with Crippen LogP contribution < -0.4 is 0 Å². The van der Waals surface area contributed by atoms with Gasteiger partial charge in [0.05, 0.1) is 5.69 Å². The van der Waals surface area contributed by atoms with E-state index >= 15 is 0 Å². The smallest absolute Gasteiger partial charge is 0.698 e. The van der Waals surface area contributed by atoms with Crippen molar-refractivity contribution in [2.24, 2.45) is 4.99 Å². The van der Waals surface area contributed by atoms with Crippen molar-refractivity contribution in [2.45, 2.75) is 67.7 Å². The molecule has 0 fully saturated rings. The third kappa shape index (κ3) is 14.3. The van der Waals surface area contributed by atoms with E-state index in [9.17, 15) is 0 Å². The van der Waals surface area contributed by atoms with Crippen molar-refractivity contribution < 1.29 is 17.1 Å². The molecule has 71 heavy (non-hydrogen) atoms. The van der Waals surface area contributed by atoms with Crippen molar-refractivity contribution in [2.75, 3.05) is 0 Å². The second kappa shape index (κ2) is 26.5. The Bertz CT molecular complexity index is 2980. The summed E-state index contributed by atoms with van der Waals surface area (Å²) in [6, 6.07) is 76.6. The summed E-state index contributed by atoms with van der Waals surface area (Å²) in [4.78, 5) is 5.42. The van der Waals surface area contributed by atoms with E-state index in [4.69, 9.17) is 16.0 Å². The third-order valence-corrected chi connectivity index (χ3v) is 12.2. The van der Waals surface area contributed by atoms with Gasteiger partial charge in [-0.25, -0.2) is 0 Å². The third-order valence-electron chi connectivity index (χ3n) is 12.2. The Morgan fingerprint density at radius 3 is 1.07 bits per heavy atom. The van der Waals surface area contributed by atoms with E-state index in [2.05, 4.69) is 247 Å². The molecule has 0 aromatic heterocycles. The molecule has 9 rings (SSSR count). The molecule has 3 nitrogen and oxygen atoms in total. The van der Waals surface area contributed by atoms with Crippen LogP contribution >= 0.6 is 0 Å². The molecule has 9 aromatic carbocycles. The van der Waals surface area contributed by atoms with Gasteiger partial charge in [0, 0.05) is 16.8 Å². The summed E-state index contributed by atoms with van der Waals surface area (Å²) in [6.45, 7) is 14.6. The van der Waals surface area contributed by atoms with Crippen LogP contribution in [0.15, 0.2) is 235 Å². The molecule has 0 aliphatic heterocycles. The fourth-order valence-electron chi connectivity index (χ4n) is 8.71. The van der Waals surface area contributed by atoms with E-state index < -0.39 is 0 Å². The van der Waals surface area contributed by atoms with Crippen LogP contribution in [0.1, 0.15) is 63.6 Å². The molecule has 0 spiro atoms. The number of benzene rings is 9. The van der Waals surface area contributed by atoms with Crippen molar-refractivity contribution in [3.63, 3.8) is 0 Å². The summed E-state index contributed by atoms with van der Waals surface area (Å²) in [5.74, 6) is 0. The van der Waals surface area contributed by atoms with Gasteiger partial charge in [-0.1, -0.05) is 257 Å². The molecule has 0 atom stereocenters. The molecule has 4 heteroatoms. The van der Waals surface area contributed by atoms with Gasteiger partial charge in [0.1, 0.15) is 0 Å². The topological polar surface area (TPSA) is 50.3 Å². The van der Waals surface area contributed by atoms with Gasteiger partial charge < -0.3 is 11.1 Å². The van der Waals surface area contributed by atoms with E-state index in [0.717, 1.165) is 89.5 Å². The first-order valence-corrected chi connectivity index (χ1v) is 24.6. The van der Waals surface area contributed by atoms with E-state index in [1.54, 1.807) is 0 Å². The number of hydrogen-bond acceptors (Lipinski definition) is 1. The summed E-state index contributed by atoms with van der Waals surface area (Å²) >= 11 is 0. The predicted octanol–water partition coefficient (Wildman–Crippen LogP) is 20.9. The Hall–Kier alpha value is -7.49. The molecule has 0 aliphatic rings. The Morgan fingerprint density at radius 1 is 0.437 bits per heavy atom. The van der Waals surface area contributed by atoms with Gasteiger partial charge in [0.15, 0.2) is 0 Å². The molecule has 0 amide bonds. The van der Waals surface area contributed by atoms with E-state index in [1.807, 2.05) is 26.0 Å². The first-order valence-electron chi connectivity index (χ1n) is 24.6. The summed E-state index contributed by atoms with van der Waals surface area (Å²) in [5, 5.41) is 5.42. The number of nitrogens with zero attached hydrogens (tertiary/aromatic N) is 2. The van der Waals surface area contributed by atoms with Crippen LogP contribution in [0.4, 0.5) is 17.1 Å². The molecule has 0 saturated heterocycles. The largest absolute Gasteiger partial charge is 2.00 e. The fraction of sp³-hybridized carbons (Fsp3) is 0.149. The molecule has 1 N–H and O–H groups in total. The number of unbranched alkanes of at least 4 members (excludes halogenated alkanes) is 2. The van der Waals surface area contributed by atoms with Crippen LogP contribution in [0, 0.1) is 20.8 Å². The Kier molecular flexibility index (Phi) is 19.7. The predicted molar refractivity (Wildman–Crippen MR) is 305 cm³/mol. The maximum Gasteiger partial charge on any atom is 2.00 e. The summed E-state index contributed by atoms with van der Waals surface area (Å²) in [5.41, 5.74) is 28.6. The van der Waals surface area contributed by atoms with Gasteiger partial charge in [-0.2, -0.15) is 5.70 Å². The van der Waals surface area contributed by atoms with Crippen LogP contribution in [0.2, 0.25) is 0 Å². The molecule has 0 unspecified atom stereocenters. The quantitative estimate of drug-likeness (QED) is 0.0865. The first kappa shape index (κ1) is 52.9. The number of nitrogens with one attached hydrogen (secondary N) is 1. The van der Waals surface area contributed by atoms with Gasteiger partial charge in [0.2, 0.25) is 0 Å². The fourth-order valence-corrected chi connectivity index (χ4v) is 8.71. The first-order chi connectivity index (χ1) is 34.1. The van der Waals surface area contributed by atoms with Gasteiger partial charge in [-0.15, -0.1) is 11.4 Å². The Labute approximate surface area is 434 Å². The van der Waals surface area contributed by atoms with Gasteiger partial charge in [0.25, 0.3) is 0 Å². The van der Waals surface area contributed by atoms with Crippen LogP contribution in [-0.4, -0.2) is 5.71 Å². The zero-order valence-electron chi connectivity index (χ0n) is 42.2. The maximum atomic E-state index is 7.54. The second-order valence-electron chi connectivity index (χ2n) is 17.8. The normalized spacial score (nSPS) is 11.0. The molecule has 0 radical (unpaired) electrons. The van der Waals surface area contributed by atoms with Gasteiger partial charge >= 0.3 is 17.1 Å². The minimum atomic E-state index is 0. The molecule has 0 aliphatic carbocycles. The summed E-state index contributed by atoms with van der Waals surface area (Å²) in [7, 11) is 0. The van der Waals surface area contributed by atoms with Gasteiger partial charge in [-0.3, -0.25) is 4.99 Å². The average Bonchev–Trinajstić information content (AvgIpc) is 3.40. The number of allylic oxidation sites excluding steroid dienone is 2. The number of aliphatic imine (C=N–C) groups is 1. The van der Waals surface area contributed by atoms with E-state index in [0.29, 0.717) is 5.69 Å². The molecule has 9 aromatic rings. The van der Waals surface area contributed by atoms with Gasteiger partial charge in [-0.05, 0) is 108 Å². The number of rotatable bonds is 12. The molecular weight excluding hydrogens is 903 g/mol. The van der Waals surface area contributed by atoms with Crippen LogP contribution in [0.5, 0.6) is 0 Å². The standard InChI is InChI=1S/C53H41N2.C9H12N.C5H12.Fe/c1-38(54-52-48(42-25-13-5-14-26-42)34-46(40-21-9-3-10-22-40)35-49(52)43-27-15-6-16-28-43)33-39(2)55-53-50(44-29-17-7-18-30-44)36-47(41-23-11-4-12-24-41)37-51(53)45-31-19-8-20-32-45;1-6-4-7(2)9(10)8(3)5-6;1-3-5-4-2;/h3-37H,1-2H3;4-5,10H,1-3H3;3-5H2,1-2H3;/q2*-1;;+2/b38-33-,55-39?;;;. The average molecular weight is 968 g/mol. The molecule has 0 heterocycles.